The van der Waals surface area contributed by atoms with E-state index in [4.69, 9.17) is 0 Å². The fourth-order valence-electron chi connectivity index (χ4n) is 2.01. The Morgan fingerprint density at radius 3 is 2.63 bits per heavy atom. The van der Waals surface area contributed by atoms with Crippen molar-refractivity contribution in [2.24, 2.45) is 0 Å². The van der Waals surface area contributed by atoms with Gasteiger partial charge in [0.1, 0.15) is 0 Å². The van der Waals surface area contributed by atoms with E-state index < -0.39 is 0 Å². The molecular formula is C14H23N3O2. The monoisotopic (exact) mass is 265 g/mol. The van der Waals surface area contributed by atoms with Crippen molar-refractivity contribution in [3.05, 3.63) is 33.9 Å². The lowest BCUT2D eigenvalue weighted by atomic mass is 10.1. The van der Waals surface area contributed by atoms with Crippen LogP contribution < -0.4 is 5.32 Å². The second kappa shape index (κ2) is 7.74. The van der Waals surface area contributed by atoms with Crippen LogP contribution in [0.15, 0.2) is 18.2 Å². The lowest BCUT2D eigenvalue weighted by molar-refractivity contribution is -0.384. The zero-order chi connectivity index (χ0) is 14.3. The lowest BCUT2D eigenvalue weighted by Gasteiger charge is -2.18. The van der Waals surface area contributed by atoms with Crippen LogP contribution in [0.3, 0.4) is 0 Å². The topological polar surface area (TPSA) is 58.4 Å². The Morgan fingerprint density at radius 2 is 2.05 bits per heavy atom. The highest BCUT2D eigenvalue weighted by Crippen LogP contribution is 2.23. The minimum atomic E-state index is -0.340. The number of benzene rings is 1. The van der Waals surface area contributed by atoms with Gasteiger partial charge in [0, 0.05) is 30.9 Å². The smallest absolute Gasteiger partial charge is 0.269 e. The predicted molar refractivity (Wildman–Crippen MR) is 78.5 cm³/mol. The van der Waals surface area contributed by atoms with Gasteiger partial charge in [-0.3, -0.25) is 10.1 Å². The summed E-state index contributed by atoms with van der Waals surface area (Å²) >= 11 is 0. The Hall–Kier alpha value is -1.62. The SMILES string of the molecule is CCCNc1ccc([N+](=O)[O-])cc1CN(C)CCC. The average molecular weight is 265 g/mol. The Balaban J connectivity index is 2.93. The molecule has 0 saturated carbocycles. The fraction of sp³-hybridized carbons (Fsp3) is 0.571. The van der Waals surface area contributed by atoms with Gasteiger partial charge in [0.15, 0.2) is 0 Å². The number of non-ortho nitro benzene ring substituents is 1. The van der Waals surface area contributed by atoms with E-state index in [9.17, 15) is 10.1 Å². The molecule has 1 N–H and O–H groups in total. The van der Waals surface area contributed by atoms with Crippen LogP contribution in [-0.2, 0) is 6.54 Å². The quantitative estimate of drug-likeness (QED) is 0.579. The summed E-state index contributed by atoms with van der Waals surface area (Å²) < 4.78 is 0. The predicted octanol–water partition coefficient (Wildman–Crippen LogP) is 3.26. The molecule has 0 saturated heterocycles. The summed E-state index contributed by atoms with van der Waals surface area (Å²) in [6.45, 7) is 6.81. The van der Waals surface area contributed by atoms with Crippen molar-refractivity contribution in [2.75, 3.05) is 25.5 Å². The summed E-state index contributed by atoms with van der Waals surface area (Å²) in [4.78, 5) is 12.7. The molecule has 0 radical (unpaired) electrons. The fourth-order valence-corrected chi connectivity index (χ4v) is 2.01. The van der Waals surface area contributed by atoms with Crippen LogP contribution in [-0.4, -0.2) is 30.0 Å². The Morgan fingerprint density at radius 1 is 1.32 bits per heavy atom. The maximum absolute atomic E-state index is 10.9. The van der Waals surface area contributed by atoms with Gasteiger partial charge in [-0.15, -0.1) is 0 Å². The van der Waals surface area contributed by atoms with Gasteiger partial charge in [-0.2, -0.15) is 0 Å². The molecule has 0 unspecified atom stereocenters. The molecule has 0 amide bonds. The van der Waals surface area contributed by atoms with E-state index in [1.807, 2.05) is 13.1 Å². The normalized spacial score (nSPS) is 10.7. The van der Waals surface area contributed by atoms with Crippen LogP contribution in [0.25, 0.3) is 0 Å². The molecule has 0 aliphatic rings. The van der Waals surface area contributed by atoms with Crippen molar-refractivity contribution < 1.29 is 4.92 Å². The molecule has 19 heavy (non-hydrogen) atoms. The molecule has 0 aliphatic heterocycles. The lowest BCUT2D eigenvalue weighted by Crippen LogP contribution is -2.19. The summed E-state index contributed by atoms with van der Waals surface area (Å²) in [7, 11) is 2.03. The number of nitrogens with zero attached hydrogens (tertiary/aromatic N) is 2. The second-order valence-corrected chi connectivity index (χ2v) is 4.76. The number of nitro groups is 1. The van der Waals surface area contributed by atoms with Crippen molar-refractivity contribution in [1.82, 2.24) is 4.90 Å². The molecule has 0 aromatic heterocycles. The van der Waals surface area contributed by atoms with Crippen LogP contribution in [0.2, 0.25) is 0 Å². The number of anilines is 1. The standard InChI is InChI=1S/C14H23N3O2/c1-4-8-15-14-7-6-13(17(18)19)10-12(14)11-16(3)9-5-2/h6-7,10,15H,4-5,8-9,11H2,1-3H3. The number of nitro benzene ring substituents is 1. The van der Waals surface area contributed by atoms with Crippen LogP contribution >= 0.6 is 0 Å². The third-order valence-electron chi connectivity index (χ3n) is 2.91. The van der Waals surface area contributed by atoms with E-state index in [0.29, 0.717) is 0 Å². The zero-order valence-electron chi connectivity index (χ0n) is 12.0. The van der Waals surface area contributed by atoms with Gasteiger partial charge in [0.2, 0.25) is 0 Å². The van der Waals surface area contributed by atoms with E-state index in [-0.39, 0.29) is 10.6 Å². The van der Waals surface area contributed by atoms with Crippen LogP contribution in [0.1, 0.15) is 32.3 Å². The van der Waals surface area contributed by atoms with E-state index >= 15 is 0 Å². The van der Waals surface area contributed by atoms with Gasteiger partial charge in [0.25, 0.3) is 5.69 Å². The van der Waals surface area contributed by atoms with Gasteiger partial charge in [-0.1, -0.05) is 13.8 Å². The largest absolute Gasteiger partial charge is 0.385 e. The van der Waals surface area contributed by atoms with Crippen molar-refractivity contribution >= 4 is 11.4 Å². The summed E-state index contributed by atoms with van der Waals surface area (Å²) in [6, 6.07) is 5.04. The van der Waals surface area contributed by atoms with Gasteiger partial charge in [0.05, 0.1) is 4.92 Å². The maximum atomic E-state index is 10.9. The van der Waals surface area contributed by atoms with Crippen LogP contribution in [0, 0.1) is 10.1 Å². The molecule has 0 atom stereocenters. The molecule has 1 rings (SSSR count). The van der Waals surface area contributed by atoms with Crippen molar-refractivity contribution in [3.8, 4) is 0 Å². The zero-order valence-corrected chi connectivity index (χ0v) is 12.0. The summed E-state index contributed by atoms with van der Waals surface area (Å²) in [6.07, 6.45) is 2.10. The molecule has 0 fully saturated rings. The Bertz CT molecular complexity index is 421. The molecule has 5 heteroatoms. The molecule has 5 nitrogen and oxygen atoms in total. The van der Waals surface area contributed by atoms with E-state index in [0.717, 1.165) is 43.7 Å². The highest BCUT2D eigenvalue weighted by Gasteiger charge is 2.12. The van der Waals surface area contributed by atoms with Crippen LogP contribution in [0.5, 0.6) is 0 Å². The highest BCUT2D eigenvalue weighted by molar-refractivity contribution is 5.56. The minimum Gasteiger partial charge on any atom is -0.385 e. The molecule has 106 valence electrons. The molecule has 0 spiro atoms. The van der Waals surface area contributed by atoms with Gasteiger partial charge < -0.3 is 10.2 Å². The average Bonchev–Trinajstić information content (AvgIpc) is 2.37. The van der Waals surface area contributed by atoms with E-state index in [2.05, 4.69) is 24.1 Å². The molecule has 0 aliphatic carbocycles. The first kappa shape index (κ1) is 15.4. The Kier molecular flexibility index (Phi) is 6.29. The Labute approximate surface area is 114 Å². The van der Waals surface area contributed by atoms with E-state index in [1.54, 1.807) is 12.1 Å². The highest BCUT2D eigenvalue weighted by atomic mass is 16.6. The first-order valence-corrected chi connectivity index (χ1v) is 6.78. The van der Waals surface area contributed by atoms with Gasteiger partial charge in [-0.05, 0) is 38.1 Å². The molecule has 0 heterocycles. The van der Waals surface area contributed by atoms with E-state index in [1.165, 1.54) is 0 Å². The third kappa shape index (κ3) is 4.87. The number of rotatable bonds is 8. The second-order valence-electron chi connectivity index (χ2n) is 4.76. The van der Waals surface area contributed by atoms with Crippen molar-refractivity contribution in [2.45, 2.75) is 33.2 Å². The first-order chi connectivity index (χ1) is 9.08. The van der Waals surface area contributed by atoms with Crippen LogP contribution in [0.4, 0.5) is 11.4 Å². The summed E-state index contributed by atoms with van der Waals surface area (Å²) in [5, 5.41) is 14.2. The number of nitrogens with one attached hydrogen (secondary N) is 1. The number of hydrogen-bond donors (Lipinski definition) is 1. The third-order valence-corrected chi connectivity index (χ3v) is 2.91. The maximum Gasteiger partial charge on any atom is 0.269 e. The molecule has 0 bridgehead atoms. The first-order valence-electron chi connectivity index (χ1n) is 6.78. The molecular weight excluding hydrogens is 242 g/mol. The summed E-state index contributed by atoms with van der Waals surface area (Å²) in [5.74, 6) is 0. The molecule has 1 aromatic carbocycles. The number of hydrogen-bond acceptors (Lipinski definition) is 4. The summed E-state index contributed by atoms with van der Waals surface area (Å²) in [5.41, 5.74) is 2.14. The van der Waals surface area contributed by atoms with Crippen molar-refractivity contribution in [1.29, 1.82) is 0 Å². The molecule has 1 aromatic rings. The van der Waals surface area contributed by atoms with Gasteiger partial charge in [-0.25, -0.2) is 0 Å². The van der Waals surface area contributed by atoms with Crippen molar-refractivity contribution in [3.63, 3.8) is 0 Å². The minimum absolute atomic E-state index is 0.155. The van der Waals surface area contributed by atoms with Gasteiger partial charge >= 0.3 is 0 Å².